The number of imidazole rings is 1. The average molecular weight is 375 g/mol. The number of fused-ring (bicyclic) bond motifs is 11. The fourth-order valence-corrected chi connectivity index (χ4v) is 5.51. The number of hydrogen-bond donors (Lipinski definition) is 0. The van der Waals surface area contributed by atoms with Crippen LogP contribution in [0.4, 0.5) is 0 Å². The third-order valence-electron chi connectivity index (χ3n) is 5.60. The van der Waals surface area contributed by atoms with E-state index in [0.717, 1.165) is 38.5 Å². The van der Waals surface area contributed by atoms with Gasteiger partial charge in [-0.25, -0.2) is 4.98 Å². The first-order valence-electron chi connectivity index (χ1n) is 9.27. The third-order valence-corrected chi connectivity index (χ3v) is 6.73. The van der Waals surface area contributed by atoms with Gasteiger partial charge in [-0.15, -0.1) is 11.3 Å². The molecule has 0 atom stereocenters. The Bertz CT molecular complexity index is 1720. The molecule has 130 valence electrons. The minimum absolute atomic E-state index is 0.994. The Hall–Kier alpha value is -3.50. The maximum absolute atomic E-state index is 5.00. The normalized spacial score (nSPS) is 12.3. The molecule has 0 aliphatic rings. The number of aromatic nitrogens is 3. The van der Waals surface area contributed by atoms with Gasteiger partial charge in [0, 0.05) is 37.1 Å². The largest absolute Gasteiger partial charge is 0.290 e. The van der Waals surface area contributed by atoms with E-state index in [9.17, 15) is 0 Å². The number of thiophene rings is 1. The molecule has 7 aromatic rings. The van der Waals surface area contributed by atoms with E-state index in [1.54, 1.807) is 0 Å². The molecule has 0 radical (unpaired) electrons. The molecule has 7 rings (SSSR count). The summed E-state index contributed by atoms with van der Waals surface area (Å²) in [4.78, 5) is 9.77. The van der Waals surface area contributed by atoms with Gasteiger partial charge >= 0.3 is 0 Å². The highest BCUT2D eigenvalue weighted by atomic mass is 32.1. The minimum atomic E-state index is 0.994. The summed E-state index contributed by atoms with van der Waals surface area (Å²) in [5.41, 5.74) is 5.24. The summed E-state index contributed by atoms with van der Waals surface area (Å²) in [5.74, 6) is 0. The SMILES string of the molecule is c1ccc2c(c1)nc1c3cc4c(cc3c3ncccc3n21)sc1ccccc14. The number of nitrogens with zero attached hydrogens (tertiary/aromatic N) is 3. The summed E-state index contributed by atoms with van der Waals surface area (Å²) < 4.78 is 4.86. The van der Waals surface area contributed by atoms with E-state index in [-0.39, 0.29) is 0 Å². The van der Waals surface area contributed by atoms with Crippen molar-refractivity contribution in [2.75, 3.05) is 0 Å². The molecule has 0 saturated heterocycles. The molecule has 4 heteroatoms. The fraction of sp³-hybridized carbons (Fsp3) is 0. The summed E-state index contributed by atoms with van der Waals surface area (Å²) >= 11 is 1.84. The van der Waals surface area contributed by atoms with Crippen LogP contribution in [0.1, 0.15) is 0 Å². The smallest absolute Gasteiger partial charge is 0.146 e. The highest BCUT2D eigenvalue weighted by Gasteiger charge is 2.16. The Morgan fingerprint density at radius 3 is 2.54 bits per heavy atom. The van der Waals surface area contributed by atoms with Crippen molar-refractivity contribution in [3.8, 4) is 0 Å². The van der Waals surface area contributed by atoms with Crippen molar-refractivity contribution in [1.29, 1.82) is 0 Å². The van der Waals surface area contributed by atoms with Gasteiger partial charge in [-0.05, 0) is 42.5 Å². The Balaban J connectivity index is 1.84. The Morgan fingerprint density at radius 2 is 1.54 bits per heavy atom. The van der Waals surface area contributed by atoms with Gasteiger partial charge in [0.15, 0.2) is 0 Å². The van der Waals surface area contributed by atoms with E-state index in [0.29, 0.717) is 0 Å². The molecule has 0 aliphatic heterocycles. The molecule has 0 spiro atoms. The molecule has 3 aromatic carbocycles. The van der Waals surface area contributed by atoms with Gasteiger partial charge in [-0.2, -0.15) is 0 Å². The predicted octanol–water partition coefficient (Wildman–Crippen LogP) is 6.56. The number of rotatable bonds is 0. The van der Waals surface area contributed by atoms with Crippen LogP contribution in [0.5, 0.6) is 0 Å². The Morgan fingerprint density at radius 1 is 0.679 bits per heavy atom. The van der Waals surface area contributed by atoms with E-state index in [2.05, 4.69) is 65.1 Å². The van der Waals surface area contributed by atoms with E-state index in [1.807, 2.05) is 29.7 Å². The van der Waals surface area contributed by atoms with Crippen LogP contribution < -0.4 is 0 Å². The molecule has 0 N–H and O–H groups in total. The van der Waals surface area contributed by atoms with Crippen molar-refractivity contribution in [3.63, 3.8) is 0 Å². The summed E-state index contributed by atoms with van der Waals surface area (Å²) in [6.07, 6.45) is 1.88. The molecule has 3 nitrogen and oxygen atoms in total. The lowest BCUT2D eigenvalue weighted by atomic mass is 10.1. The zero-order valence-electron chi connectivity index (χ0n) is 14.8. The van der Waals surface area contributed by atoms with Gasteiger partial charge in [0.2, 0.25) is 0 Å². The molecule has 4 heterocycles. The van der Waals surface area contributed by atoms with Crippen LogP contribution in [0, 0.1) is 0 Å². The van der Waals surface area contributed by atoms with Gasteiger partial charge in [0.1, 0.15) is 5.65 Å². The lowest BCUT2D eigenvalue weighted by Crippen LogP contribution is -1.93. The summed E-state index contributed by atoms with van der Waals surface area (Å²) in [6, 6.07) is 25.7. The molecular formula is C24H13N3S. The molecule has 28 heavy (non-hydrogen) atoms. The standard InChI is InChI=1S/C24H13N3S/c1-4-10-21-14(6-1)15-12-17-16(13-22(15)28-21)23-20(9-5-11-25-23)27-19-8-3-2-7-18(19)26-24(17)27/h1-13H. The van der Waals surface area contributed by atoms with Crippen molar-refractivity contribution in [2.24, 2.45) is 0 Å². The molecule has 0 aliphatic carbocycles. The maximum atomic E-state index is 5.00. The number of benzene rings is 3. The van der Waals surface area contributed by atoms with Crippen molar-refractivity contribution in [3.05, 3.63) is 79.0 Å². The van der Waals surface area contributed by atoms with Gasteiger partial charge < -0.3 is 0 Å². The van der Waals surface area contributed by atoms with Crippen LogP contribution in [-0.4, -0.2) is 14.4 Å². The predicted molar refractivity (Wildman–Crippen MR) is 118 cm³/mol. The maximum Gasteiger partial charge on any atom is 0.146 e. The molecular weight excluding hydrogens is 362 g/mol. The summed E-state index contributed by atoms with van der Waals surface area (Å²) in [7, 11) is 0. The molecule has 0 unspecified atom stereocenters. The topological polar surface area (TPSA) is 30.2 Å². The third kappa shape index (κ3) is 1.73. The molecule has 0 saturated carbocycles. The first-order valence-corrected chi connectivity index (χ1v) is 10.1. The van der Waals surface area contributed by atoms with Gasteiger partial charge in [0.05, 0.1) is 22.1 Å². The van der Waals surface area contributed by atoms with Crippen molar-refractivity contribution >= 4 is 70.0 Å². The van der Waals surface area contributed by atoms with Gasteiger partial charge in [-0.3, -0.25) is 9.38 Å². The monoisotopic (exact) mass is 375 g/mol. The van der Waals surface area contributed by atoms with Gasteiger partial charge in [0.25, 0.3) is 0 Å². The second-order valence-electron chi connectivity index (χ2n) is 7.12. The number of para-hydroxylation sites is 2. The molecule has 4 aromatic heterocycles. The molecule has 0 bridgehead atoms. The van der Waals surface area contributed by atoms with E-state index >= 15 is 0 Å². The molecule has 0 amide bonds. The Labute approximate surface area is 163 Å². The second kappa shape index (κ2) is 5.06. The summed E-state index contributed by atoms with van der Waals surface area (Å²) in [6.45, 7) is 0. The lowest BCUT2D eigenvalue weighted by molar-refractivity contribution is 1.29. The second-order valence-corrected chi connectivity index (χ2v) is 8.21. The highest BCUT2D eigenvalue weighted by Crippen LogP contribution is 2.39. The van der Waals surface area contributed by atoms with Crippen molar-refractivity contribution in [1.82, 2.24) is 14.4 Å². The van der Waals surface area contributed by atoms with Crippen LogP contribution >= 0.6 is 11.3 Å². The summed E-state index contributed by atoms with van der Waals surface area (Å²) in [5, 5.41) is 4.91. The fourth-order valence-electron chi connectivity index (χ4n) is 4.39. The number of pyridine rings is 2. The minimum Gasteiger partial charge on any atom is -0.290 e. The number of hydrogen-bond acceptors (Lipinski definition) is 3. The lowest BCUT2D eigenvalue weighted by Gasteiger charge is -2.08. The van der Waals surface area contributed by atoms with E-state index in [1.165, 1.54) is 20.2 Å². The quantitative estimate of drug-likeness (QED) is 0.281. The highest BCUT2D eigenvalue weighted by molar-refractivity contribution is 7.25. The van der Waals surface area contributed by atoms with Crippen molar-refractivity contribution in [2.45, 2.75) is 0 Å². The average Bonchev–Trinajstić information content (AvgIpc) is 3.31. The van der Waals surface area contributed by atoms with Crippen LogP contribution in [0.3, 0.4) is 0 Å². The zero-order valence-corrected chi connectivity index (χ0v) is 15.6. The van der Waals surface area contributed by atoms with E-state index in [4.69, 9.17) is 9.97 Å². The first kappa shape index (κ1) is 14.5. The Kier molecular flexibility index (Phi) is 2.63. The van der Waals surface area contributed by atoms with Crippen LogP contribution in [0.15, 0.2) is 79.0 Å². The molecule has 0 fully saturated rings. The van der Waals surface area contributed by atoms with Crippen LogP contribution in [-0.2, 0) is 0 Å². The van der Waals surface area contributed by atoms with Crippen LogP contribution in [0.2, 0.25) is 0 Å². The van der Waals surface area contributed by atoms with Crippen LogP contribution in [0.25, 0.3) is 58.7 Å². The van der Waals surface area contributed by atoms with Gasteiger partial charge in [-0.1, -0.05) is 30.3 Å². The first-order chi connectivity index (χ1) is 13.9. The van der Waals surface area contributed by atoms with Crippen molar-refractivity contribution < 1.29 is 0 Å². The zero-order chi connectivity index (χ0) is 18.2. The van der Waals surface area contributed by atoms with E-state index < -0.39 is 0 Å².